The maximum absolute atomic E-state index is 11.1. The summed E-state index contributed by atoms with van der Waals surface area (Å²) in [4.78, 5) is 11.1. The van der Waals surface area contributed by atoms with Gasteiger partial charge in [-0.15, -0.1) is 0 Å². The second kappa shape index (κ2) is 5.86. The van der Waals surface area contributed by atoms with Gasteiger partial charge < -0.3 is 10.2 Å². The van der Waals surface area contributed by atoms with Gasteiger partial charge in [0.15, 0.2) is 0 Å². The molecule has 1 aromatic rings. The largest absolute Gasteiger partial charge is 0.507 e. The number of carboxylic acids is 1. The van der Waals surface area contributed by atoms with E-state index in [1.54, 1.807) is 0 Å². The van der Waals surface area contributed by atoms with Crippen LogP contribution in [0.2, 0.25) is 0 Å². The highest BCUT2D eigenvalue weighted by atomic mass is 16.4. The Hall–Kier alpha value is -1.51. The molecule has 20 heavy (non-hydrogen) atoms. The standard InChI is InChI=1S/C17H26O3/c1-10(2)12-7-8-13(11(3)4)16(20)15(12)17(5,6)9-14(18)19/h7-8,10-11,20H,9H2,1-6H3,(H,18,19). The van der Waals surface area contributed by atoms with Gasteiger partial charge in [-0.25, -0.2) is 0 Å². The number of aliphatic carboxylic acids is 1. The first-order chi connectivity index (χ1) is 9.08. The lowest BCUT2D eigenvalue weighted by molar-refractivity contribution is -0.138. The molecular weight excluding hydrogens is 252 g/mol. The van der Waals surface area contributed by atoms with Crippen molar-refractivity contribution in [2.75, 3.05) is 0 Å². The minimum absolute atomic E-state index is 0.00181. The van der Waals surface area contributed by atoms with E-state index in [1.165, 1.54) is 0 Å². The highest BCUT2D eigenvalue weighted by molar-refractivity contribution is 5.70. The van der Waals surface area contributed by atoms with Crippen LogP contribution in [0.4, 0.5) is 0 Å². The maximum Gasteiger partial charge on any atom is 0.304 e. The van der Waals surface area contributed by atoms with Gasteiger partial charge in [-0.2, -0.15) is 0 Å². The SMILES string of the molecule is CC(C)c1ccc(C(C)C)c(C(C)(C)CC(=O)O)c1O. The fraction of sp³-hybridized carbons (Fsp3) is 0.588. The summed E-state index contributed by atoms with van der Waals surface area (Å²) in [6.07, 6.45) is 0.00181. The third kappa shape index (κ3) is 3.33. The van der Waals surface area contributed by atoms with Crippen molar-refractivity contribution in [2.24, 2.45) is 0 Å². The van der Waals surface area contributed by atoms with Gasteiger partial charge in [0.25, 0.3) is 0 Å². The second-order valence-electron chi connectivity index (χ2n) is 6.73. The van der Waals surface area contributed by atoms with Crippen LogP contribution >= 0.6 is 0 Å². The Morgan fingerprint density at radius 1 is 1.10 bits per heavy atom. The average Bonchev–Trinajstić information content (AvgIpc) is 2.25. The molecule has 0 unspecified atom stereocenters. The summed E-state index contributed by atoms with van der Waals surface area (Å²) in [5.74, 6) is -0.141. The van der Waals surface area contributed by atoms with E-state index in [9.17, 15) is 9.90 Å². The fourth-order valence-electron chi connectivity index (χ4n) is 2.75. The molecule has 0 saturated heterocycles. The molecule has 0 atom stereocenters. The highest BCUT2D eigenvalue weighted by Crippen LogP contribution is 2.42. The van der Waals surface area contributed by atoms with Crippen LogP contribution in [0.1, 0.15) is 76.5 Å². The highest BCUT2D eigenvalue weighted by Gasteiger charge is 2.31. The Bertz CT molecular complexity index is 499. The number of benzene rings is 1. The lowest BCUT2D eigenvalue weighted by Crippen LogP contribution is -2.24. The molecule has 0 aliphatic carbocycles. The quantitative estimate of drug-likeness (QED) is 0.839. The predicted molar refractivity (Wildman–Crippen MR) is 81.6 cm³/mol. The average molecular weight is 278 g/mol. The number of phenolic OH excluding ortho intramolecular Hbond substituents is 1. The van der Waals surface area contributed by atoms with E-state index in [4.69, 9.17) is 5.11 Å². The Labute approximate surface area is 121 Å². The molecule has 3 heteroatoms. The molecule has 0 fully saturated rings. The molecule has 0 bridgehead atoms. The Kier molecular flexibility index (Phi) is 4.85. The van der Waals surface area contributed by atoms with Gasteiger partial charge in [0.05, 0.1) is 6.42 Å². The molecular formula is C17H26O3. The van der Waals surface area contributed by atoms with Gasteiger partial charge in [0, 0.05) is 11.0 Å². The predicted octanol–water partition coefficient (Wildman–Crippen LogP) is 4.39. The third-order valence-electron chi connectivity index (χ3n) is 3.76. The number of rotatable bonds is 5. The lowest BCUT2D eigenvalue weighted by Gasteiger charge is -2.30. The smallest absolute Gasteiger partial charge is 0.304 e. The second-order valence-corrected chi connectivity index (χ2v) is 6.73. The molecule has 0 aromatic heterocycles. The van der Waals surface area contributed by atoms with E-state index < -0.39 is 11.4 Å². The normalized spacial score (nSPS) is 12.2. The first-order valence-electron chi connectivity index (χ1n) is 7.16. The molecule has 0 spiro atoms. The summed E-state index contributed by atoms with van der Waals surface area (Å²) < 4.78 is 0. The zero-order chi connectivity index (χ0) is 15.7. The van der Waals surface area contributed by atoms with Crippen molar-refractivity contribution in [3.05, 3.63) is 28.8 Å². The molecule has 3 nitrogen and oxygen atoms in total. The minimum atomic E-state index is -0.848. The first-order valence-corrected chi connectivity index (χ1v) is 7.16. The van der Waals surface area contributed by atoms with Crippen LogP contribution in [-0.4, -0.2) is 16.2 Å². The molecule has 0 radical (unpaired) electrons. The number of aromatic hydroxyl groups is 1. The van der Waals surface area contributed by atoms with Crippen molar-refractivity contribution >= 4 is 5.97 Å². The number of carbonyl (C=O) groups is 1. The van der Waals surface area contributed by atoms with Gasteiger partial charge in [-0.05, 0) is 23.0 Å². The molecule has 2 N–H and O–H groups in total. The van der Waals surface area contributed by atoms with Crippen LogP contribution in [0.3, 0.4) is 0 Å². The third-order valence-corrected chi connectivity index (χ3v) is 3.76. The van der Waals surface area contributed by atoms with Crippen molar-refractivity contribution in [1.29, 1.82) is 0 Å². The fourth-order valence-corrected chi connectivity index (χ4v) is 2.75. The van der Waals surface area contributed by atoms with Crippen LogP contribution in [0.15, 0.2) is 12.1 Å². The molecule has 0 amide bonds. The molecule has 1 rings (SSSR count). The van der Waals surface area contributed by atoms with E-state index >= 15 is 0 Å². The first kappa shape index (κ1) is 16.5. The van der Waals surface area contributed by atoms with Crippen molar-refractivity contribution < 1.29 is 15.0 Å². The van der Waals surface area contributed by atoms with Gasteiger partial charge in [0.2, 0.25) is 0 Å². The molecule has 0 heterocycles. The van der Waals surface area contributed by atoms with Crippen LogP contribution in [0.25, 0.3) is 0 Å². The van der Waals surface area contributed by atoms with Crippen molar-refractivity contribution in [2.45, 2.75) is 65.2 Å². The van der Waals surface area contributed by atoms with Crippen molar-refractivity contribution in [1.82, 2.24) is 0 Å². The monoisotopic (exact) mass is 278 g/mol. The number of hydrogen-bond acceptors (Lipinski definition) is 2. The topological polar surface area (TPSA) is 57.5 Å². The summed E-state index contributed by atoms with van der Waals surface area (Å²) in [5, 5.41) is 19.8. The van der Waals surface area contributed by atoms with Crippen LogP contribution < -0.4 is 0 Å². The molecule has 112 valence electrons. The molecule has 0 saturated carbocycles. The van der Waals surface area contributed by atoms with Gasteiger partial charge >= 0.3 is 5.97 Å². The van der Waals surface area contributed by atoms with E-state index in [-0.39, 0.29) is 24.0 Å². The minimum Gasteiger partial charge on any atom is -0.507 e. The van der Waals surface area contributed by atoms with Crippen LogP contribution in [0, 0.1) is 0 Å². The van der Waals surface area contributed by atoms with Gasteiger partial charge in [-0.1, -0.05) is 53.7 Å². The Morgan fingerprint density at radius 2 is 1.55 bits per heavy atom. The maximum atomic E-state index is 11.1. The van der Waals surface area contributed by atoms with Crippen LogP contribution in [0.5, 0.6) is 5.75 Å². The zero-order valence-corrected chi connectivity index (χ0v) is 13.3. The number of phenols is 1. The van der Waals surface area contributed by atoms with Crippen LogP contribution in [-0.2, 0) is 10.2 Å². The summed E-state index contributed by atoms with van der Waals surface area (Å²) in [6.45, 7) is 11.9. The molecule has 1 aromatic carbocycles. The number of hydrogen-bond donors (Lipinski definition) is 2. The Balaban J connectivity index is 3.54. The van der Waals surface area contributed by atoms with E-state index in [1.807, 2.05) is 39.8 Å². The number of carboxylic acid groups (broad SMARTS) is 1. The van der Waals surface area contributed by atoms with Gasteiger partial charge in [-0.3, -0.25) is 4.79 Å². The van der Waals surface area contributed by atoms with E-state index in [0.29, 0.717) is 0 Å². The van der Waals surface area contributed by atoms with E-state index in [0.717, 1.165) is 16.7 Å². The van der Waals surface area contributed by atoms with Crippen molar-refractivity contribution in [3.8, 4) is 5.75 Å². The lowest BCUT2D eigenvalue weighted by atomic mass is 9.75. The zero-order valence-electron chi connectivity index (χ0n) is 13.3. The summed E-state index contributed by atoms with van der Waals surface area (Å²) in [5.41, 5.74) is 2.09. The molecule has 0 aliphatic heterocycles. The van der Waals surface area contributed by atoms with Gasteiger partial charge in [0.1, 0.15) is 5.75 Å². The summed E-state index contributed by atoms with van der Waals surface area (Å²) in [6, 6.07) is 3.98. The summed E-state index contributed by atoms with van der Waals surface area (Å²) in [7, 11) is 0. The van der Waals surface area contributed by atoms with Crippen molar-refractivity contribution in [3.63, 3.8) is 0 Å². The summed E-state index contributed by atoms with van der Waals surface area (Å²) >= 11 is 0. The Morgan fingerprint density at radius 3 is 1.95 bits per heavy atom. The molecule has 0 aliphatic rings. The van der Waals surface area contributed by atoms with E-state index in [2.05, 4.69) is 13.8 Å².